The Bertz CT molecular complexity index is 658. The summed E-state index contributed by atoms with van der Waals surface area (Å²) in [6.07, 6.45) is 0.705. The van der Waals surface area contributed by atoms with Crippen LogP contribution in [-0.2, 0) is 13.5 Å². The predicted octanol–water partition coefficient (Wildman–Crippen LogP) is 2.43. The molecule has 3 N–H and O–H groups in total. The topological polar surface area (TPSA) is 72.9 Å². The number of carbonyl (C=O) groups excluding carboxylic acids is 1. The summed E-state index contributed by atoms with van der Waals surface area (Å²) in [7, 11) is 1.73. The molecule has 106 valence electrons. The zero-order valence-electron chi connectivity index (χ0n) is 12.3. The van der Waals surface area contributed by atoms with Crippen LogP contribution in [0.5, 0.6) is 0 Å². The number of aryl methyl sites for hydroxylation is 4. The second kappa shape index (κ2) is 5.36. The van der Waals surface area contributed by atoms with Gasteiger partial charge in [0.1, 0.15) is 5.69 Å². The van der Waals surface area contributed by atoms with Crippen LogP contribution in [0, 0.1) is 13.8 Å². The van der Waals surface area contributed by atoms with E-state index < -0.39 is 0 Å². The number of rotatable bonds is 3. The molecule has 1 heterocycles. The number of nitrogen functional groups attached to an aromatic ring is 1. The van der Waals surface area contributed by atoms with Gasteiger partial charge in [-0.2, -0.15) is 5.10 Å². The Kier molecular flexibility index (Phi) is 3.79. The molecule has 5 heteroatoms. The third kappa shape index (κ3) is 2.52. The standard InChI is InChI=1S/C15H20N4O/c1-5-12-13(16)14(19(4)18-12)15(20)17-11-7-6-9(2)10(3)8-11/h6-8H,5,16H2,1-4H3,(H,17,20). The van der Waals surface area contributed by atoms with Crippen molar-refractivity contribution in [2.45, 2.75) is 27.2 Å². The summed E-state index contributed by atoms with van der Waals surface area (Å²) >= 11 is 0. The van der Waals surface area contributed by atoms with Gasteiger partial charge >= 0.3 is 0 Å². The number of aromatic nitrogens is 2. The summed E-state index contributed by atoms with van der Waals surface area (Å²) in [4.78, 5) is 12.3. The lowest BCUT2D eigenvalue weighted by Crippen LogP contribution is -2.17. The monoisotopic (exact) mass is 272 g/mol. The predicted molar refractivity (Wildman–Crippen MR) is 80.9 cm³/mol. The van der Waals surface area contributed by atoms with Crippen LogP contribution in [0.15, 0.2) is 18.2 Å². The van der Waals surface area contributed by atoms with Crippen molar-refractivity contribution in [3.63, 3.8) is 0 Å². The fourth-order valence-corrected chi connectivity index (χ4v) is 2.14. The maximum atomic E-state index is 12.3. The fraction of sp³-hybridized carbons (Fsp3) is 0.333. The third-order valence-electron chi connectivity index (χ3n) is 3.48. The van der Waals surface area contributed by atoms with Gasteiger partial charge in [-0.1, -0.05) is 13.0 Å². The largest absolute Gasteiger partial charge is 0.395 e. The van der Waals surface area contributed by atoms with Gasteiger partial charge in [-0.05, 0) is 43.5 Å². The van der Waals surface area contributed by atoms with Gasteiger partial charge < -0.3 is 11.1 Å². The number of nitrogens with two attached hydrogens (primary N) is 1. The Morgan fingerprint density at radius 1 is 1.35 bits per heavy atom. The molecule has 0 aliphatic heterocycles. The van der Waals surface area contributed by atoms with E-state index in [4.69, 9.17) is 5.73 Å². The molecule has 0 aliphatic rings. The SMILES string of the molecule is CCc1nn(C)c(C(=O)Nc2ccc(C)c(C)c2)c1N. The molecule has 1 aromatic heterocycles. The first-order chi connectivity index (χ1) is 9.43. The summed E-state index contributed by atoms with van der Waals surface area (Å²) in [5.41, 5.74) is 10.7. The summed E-state index contributed by atoms with van der Waals surface area (Å²) in [5, 5.41) is 7.12. The van der Waals surface area contributed by atoms with E-state index >= 15 is 0 Å². The van der Waals surface area contributed by atoms with Crippen LogP contribution < -0.4 is 11.1 Å². The lowest BCUT2D eigenvalue weighted by molar-refractivity contribution is 0.101. The van der Waals surface area contributed by atoms with Crippen molar-refractivity contribution in [3.8, 4) is 0 Å². The number of hydrogen-bond donors (Lipinski definition) is 2. The molecule has 0 aliphatic carbocycles. The van der Waals surface area contributed by atoms with Crippen molar-refractivity contribution >= 4 is 17.3 Å². The lowest BCUT2D eigenvalue weighted by atomic mass is 10.1. The maximum Gasteiger partial charge on any atom is 0.276 e. The molecular formula is C15H20N4O. The summed E-state index contributed by atoms with van der Waals surface area (Å²) in [6.45, 7) is 6.01. The smallest absolute Gasteiger partial charge is 0.276 e. The van der Waals surface area contributed by atoms with E-state index in [1.54, 1.807) is 7.05 Å². The van der Waals surface area contributed by atoms with E-state index in [0.717, 1.165) is 16.9 Å². The first kappa shape index (κ1) is 14.1. The van der Waals surface area contributed by atoms with E-state index in [1.807, 2.05) is 39.0 Å². The van der Waals surface area contributed by atoms with Crippen LogP contribution in [0.4, 0.5) is 11.4 Å². The van der Waals surface area contributed by atoms with Gasteiger partial charge in [0, 0.05) is 12.7 Å². The quantitative estimate of drug-likeness (QED) is 0.901. The van der Waals surface area contributed by atoms with Crippen molar-refractivity contribution < 1.29 is 4.79 Å². The summed E-state index contributed by atoms with van der Waals surface area (Å²) in [5.74, 6) is -0.236. The van der Waals surface area contributed by atoms with E-state index in [1.165, 1.54) is 10.2 Å². The molecule has 0 atom stereocenters. The summed E-state index contributed by atoms with van der Waals surface area (Å²) < 4.78 is 1.53. The van der Waals surface area contributed by atoms with Crippen molar-refractivity contribution in [2.24, 2.45) is 7.05 Å². The zero-order chi connectivity index (χ0) is 14.9. The van der Waals surface area contributed by atoms with Gasteiger partial charge in [-0.15, -0.1) is 0 Å². The van der Waals surface area contributed by atoms with E-state index in [-0.39, 0.29) is 5.91 Å². The highest BCUT2D eigenvalue weighted by atomic mass is 16.2. The van der Waals surface area contributed by atoms with Crippen molar-refractivity contribution in [1.29, 1.82) is 0 Å². The molecular weight excluding hydrogens is 252 g/mol. The Hall–Kier alpha value is -2.30. The first-order valence-electron chi connectivity index (χ1n) is 6.64. The van der Waals surface area contributed by atoms with Gasteiger partial charge in [0.15, 0.2) is 0 Å². The Labute approximate surface area is 118 Å². The third-order valence-corrected chi connectivity index (χ3v) is 3.48. The molecule has 0 saturated heterocycles. The van der Waals surface area contributed by atoms with Gasteiger partial charge in [-0.25, -0.2) is 0 Å². The van der Waals surface area contributed by atoms with E-state index in [0.29, 0.717) is 17.8 Å². The molecule has 0 radical (unpaired) electrons. The van der Waals surface area contributed by atoms with Crippen LogP contribution in [0.1, 0.15) is 34.2 Å². The number of amides is 1. The van der Waals surface area contributed by atoms with Crippen LogP contribution in [0.2, 0.25) is 0 Å². The normalized spacial score (nSPS) is 10.6. The fourth-order valence-electron chi connectivity index (χ4n) is 2.14. The molecule has 0 bridgehead atoms. The Morgan fingerprint density at radius 3 is 2.60 bits per heavy atom. The van der Waals surface area contributed by atoms with E-state index in [9.17, 15) is 4.79 Å². The maximum absolute atomic E-state index is 12.3. The number of benzene rings is 1. The molecule has 0 saturated carbocycles. The lowest BCUT2D eigenvalue weighted by Gasteiger charge is -2.08. The van der Waals surface area contributed by atoms with E-state index in [2.05, 4.69) is 10.4 Å². The second-order valence-electron chi connectivity index (χ2n) is 4.94. The van der Waals surface area contributed by atoms with Crippen molar-refractivity contribution in [2.75, 3.05) is 11.1 Å². The van der Waals surface area contributed by atoms with Crippen LogP contribution in [-0.4, -0.2) is 15.7 Å². The first-order valence-corrected chi connectivity index (χ1v) is 6.64. The molecule has 0 spiro atoms. The molecule has 2 rings (SSSR count). The average Bonchev–Trinajstić information content (AvgIpc) is 2.68. The minimum atomic E-state index is -0.236. The number of anilines is 2. The summed E-state index contributed by atoms with van der Waals surface area (Å²) in [6, 6.07) is 5.81. The highest BCUT2D eigenvalue weighted by molar-refractivity contribution is 6.06. The van der Waals surface area contributed by atoms with Crippen LogP contribution in [0.3, 0.4) is 0 Å². The molecule has 5 nitrogen and oxygen atoms in total. The Morgan fingerprint density at radius 2 is 2.05 bits per heavy atom. The highest BCUT2D eigenvalue weighted by Gasteiger charge is 2.19. The molecule has 2 aromatic rings. The molecule has 0 unspecified atom stereocenters. The van der Waals surface area contributed by atoms with Gasteiger partial charge in [0.05, 0.1) is 11.4 Å². The van der Waals surface area contributed by atoms with Crippen molar-refractivity contribution in [3.05, 3.63) is 40.7 Å². The molecule has 1 aromatic carbocycles. The highest BCUT2D eigenvalue weighted by Crippen LogP contribution is 2.20. The molecule has 0 fully saturated rings. The number of hydrogen-bond acceptors (Lipinski definition) is 3. The molecule has 1 amide bonds. The van der Waals surface area contributed by atoms with Gasteiger partial charge in [0.25, 0.3) is 5.91 Å². The van der Waals surface area contributed by atoms with Crippen LogP contribution in [0.25, 0.3) is 0 Å². The second-order valence-corrected chi connectivity index (χ2v) is 4.94. The van der Waals surface area contributed by atoms with Gasteiger partial charge in [-0.3, -0.25) is 9.48 Å². The van der Waals surface area contributed by atoms with Crippen molar-refractivity contribution in [1.82, 2.24) is 9.78 Å². The van der Waals surface area contributed by atoms with Gasteiger partial charge in [0.2, 0.25) is 0 Å². The minimum absolute atomic E-state index is 0.236. The average molecular weight is 272 g/mol. The number of nitrogens with zero attached hydrogens (tertiary/aromatic N) is 2. The Balaban J connectivity index is 2.28. The zero-order valence-corrected chi connectivity index (χ0v) is 12.3. The molecule has 20 heavy (non-hydrogen) atoms. The number of carbonyl (C=O) groups is 1. The van der Waals surface area contributed by atoms with Crippen LogP contribution >= 0.6 is 0 Å². The number of nitrogens with one attached hydrogen (secondary N) is 1. The minimum Gasteiger partial charge on any atom is -0.395 e.